The topological polar surface area (TPSA) is 100 Å². The van der Waals surface area contributed by atoms with Crippen molar-refractivity contribution in [2.24, 2.45) is 10.2 Å². The highest BCUT2D eigenvalue weighted by Crippen LogP contribution is 2.18. The Morgan fingerprint density at radius 2 is 2.35 bits per heavy atom. The molecule has 0 bridgehead atoms. The van der Waals surface area contributed by atoms with Crippen molar-refractivity contribution in [3.8, 4) is 5.75 Å². The monoisotopic (exact) mass is 293 g/mol. The van der Waals surface area contributed by atoms with Crippen molar-refractivity contribution < 1.29 is 19.4 Å². The minimum absolute atomic E-state index is 0.116. The minimum Gasteiger partial charge on any atom is -0.496 e. The summed E-state index contributed by atoms with van der Waals surface area (Å²) in [5.41, 5.74) is 0.620. The number of amidine groups is 1. The number of thioether (sulfide) groups is 1. The lowest BCUT2D eigenvalue weighted by Crippen LogP contribution is -2.19. The quantitative estimate of drug-likeness (QED) is 0.636. The molecule has 0 spiro atoms. The molecule has 0 aliphatic carbocycles. The van der Waals surface area contributed by atoms with Gasteiger partial charge in [0.1, 0.15) is 5.75 Å². The van der Waals surface area contributed by atoms with Crippen molar-refractivity contribution in [2.45, 2.75) is 0 Å². The zero-order valence-electron chi connectivity index (χ0n) is 10.5. The Hall–Kier alpha value is -2.35. The van der Waals surface area contributed by atoms with Gasteiger partial charge in [-0.05, 0) is 18.2 Å². The van der Waals surface area contributed by atoms with Gasteiger partial charge in [-0.15, -0.1) is 5.10 Å². The number of ether oxygens (including phenoxy) is 1. The van der Waals surface area contributed by atoms with Crippen LogP contribution in [0.3, 0.4) is 0 Å². The maximum Gasteiger partial charge on any atom is 0.335 e. The van der Waals surface area contributed by atoms with Crippen LogP contribution in [0, 0.1) is 0 Å². The number of rotatable bonds is 4. The van der Waals surface area contributed by atoms with Crippen LogP contribution < -0.4 is 10.1 Å². The SMILES string of the molecule is COc1ccc(C(=O)O)cc1C=NN=C1NC(=O)CS1. The smallest absolute Gasteiger partial charge is 0.335 e. The van der Waals surface area contributed by atoms with Crippen LogP contribution >= 0.6 is 11.8 Å². The molecule has 1 aromatic rings. The molecule has 2 rings (SSSR count). The lowest BCUT2D eigenvalue weighted by atomic mass is 10.1. The van der Waals surface area contributed by atoms with E-state index < -0.39 is 5.97 Å². The van der Waals surface area contributed by atoms with Gasteiger partial charge < -0.3 is 15.2 Å². The first-order valence-electron chi connectivity index (χ1n) is 5.55. The molecule has 1 saturated heterocycles. The normalized spacial score (nSPS) is 16.6. The molecule has 8 heteroatoms. The standard InChI is InChI=1S/C12H11N3O4S/c1-19-9-3-2-7(11(17)18)4-8(9)5-13-15-12-14-10(16)6-20-12/h2-5H,6H2,1H3,(H,17,18)(H,14,15,16). The highest BCUT2D eigenvalue weighted by molar-refractivity contribution is 8.15. The molecule has 1 aromatic carbocycles. The van der Waals surface area contributed by atoms with E-state index in [1.165, 1.54) is 37.2 Å². The van der Waals surface area contributed by atoms with Crippen LogP contribution in [0.5, 0.6) is 5.75 Å². The molecule has 7 nitrogen and oxygen atoms in total. The number of carbonyl (C=O) groups excluding carboxylic acids is 1. The maximum atomic E-state index is 11.0. The Morgan fingerprint density at radius 1 is 1.55 bits per heavy atom. The molecule has 0 saturated carbocycles. The first-order valence-corrected chi connectivity index (χ1v) is 6.53. The summed E-state index contributed by atoms with van der Waals surface area (Å²) < 4.78 is 5.11. The number of nitrogens with zero attached hydrogens (tertiary/aromatic N) is 2. The maximum absolute atomic E-state index is 11.0. The largest absolute Gasteiger partial charge is 0.496 e. The van der Waals surface area contributed by atoms with E-state index in [1.54, 1.807) is 6.07 Å². The number of carbonyl (C=O) groups is 2. The van der Waals surface area contributed by atoms with Crippen molar-refractivity contribution in [1.82, 2.24) is 5.32 Å². The zero-order chi connectivity index (χ0) is 14.5. The van der Waals surface area contributed by atoms with Crippen LogP contribution in [0.1, 0.15) is 15.9 Å². The molecule has 20 heavy (non-hydrogen) atoms. The van der Waals surface area contributed by atoms with Gasteiger partial charge in [-0.3, -0.25) is 4.79 Å². The molecule has 0 aromatic heterocycles. The van der Waals surface area contributed by atoms with E-state index in [1.807, 2.05) is 0 Å². The summed E-state index contributed by atoms with van der Waals surface area (Å²) in [5, 5.41) is 19.5. The van der Waals surface area contributed by atoms with Crippen LogP contribution in [-0.2, 0) is 4.79 Å². The molecule has 2 N–H and O–H groups in total. The number of hydrogen-bond donors (Lipinski definition) is 2. The second-order valence-corrected chi connectivity index (χ2v) is 4.71. The summed E-state index contributed by atoms with van der Waals surface area (Å²) in [5.74, 6) is -0.338. The van der Waals surface area contributed by atoms with Gasteiger partial charge in [0, 0.05) is 5.56 Å². The Morgan fingerprint density at radius 3 is 2.95 bits per heavy atom. The fourth-order valence-electron chi connectivity index (χ4n) is 1.49. The lowest BCUT2D eigenvalue weighted by molar-refractivity contribution is -0.116. The fourth-order valence-corrected chi connectivity index (χ4v) is 2.12. The molecule has 1 aliphatic rings. The molecule has 104 valence electrons. The highest BCUT2D eigenvalue weighted by Gasteiger charge is 2.16. The summed E-state index contributed by atoms with van der Waals surface area (Å²) >= 11 is 1.25. The number of aromatic carboxylic acids is 1. The number of carboxylic acid groups (broad SMARTS) is 1. The van der Waals surface area contributed by atoms with Crippen molar-refractivity contribution in [1.29, 1.82) is 0 Å². The van der Waals surface area contributed by atoms with Crippen LogP contribution in [0.15, 0.2) is 28.4 Å². The van der Waals surface area contributed by atoms with Crippen molar-refractivity contribution in [3.63, 3.8) is 0 Å². The third kappa shape index (κ3) is 3.35. The Labute approximate surface area is 118 Å². The summed E-state index contributed by atoms with van der Waals surface area (Å²) in [4.78, 5) is 21.9. The second-order valence-electron chi connectivity index (χ2n) is 3.75. The number of methoxy groups -OCH3 is 1. The number of nitrogens with one attached hydrogen (secondary N) is 1. The number of carboxylic acids is 1. The van der Waals surface area contributed by atoms with Crippen LogP contribution in [0.4, 0.5) is 0 Å². The van der Waals surface area contributed by atoms with Gasteiger partial charge >= 0.3 is 5.97 Å². The van der Waals surface area contributed by atoms with E-state index in [0.29, 0.717) is 22.2 Å². The van der Waals surface area contributed by atoms with Gasteiger partial charge in [-0.1, -0.05) is 11.8 Å². The molecule has 0 atom stereocenters. The van der Waals surface area contributed by atoms with E-state index in [0.717, 1.165) is 0 Å². The van der Waals surface area contributed by atoms with E-state index in [9.17, 15) is 9.59 Å². The predicted octanol–water partition coefficient (Wildman–Crippen LogP) is 0.946. The Bertz CT molecular complexity index is 613. The van der Waals surface area contributed by atoms with Gasteiger partial charge in [0.25, 0.3) is 0 Å². The third-order valence-electron chi connectivity index (χ3n) is 2.41. The van der Waals surface area contributed by atoms with Crippen molar-refractivity contribution in [3.05, 3.63) is 29.3 Å². The summed E-state index contributed by atoms with van der Waals surface area (Å²) in [6, 6.07) is 4.42. The average Bonchev–Trinajstić information content (AvgIpc) is 2.84. The van der Waals surface area contributed by atoms with E-state index >= 15 is 0 Å². The van der Waals surface area contributed by atoms with Crippen LogP contribution in [-0.4, -0.2) is 41.2 Å². The molecule has 1 heterocycles. The van der Waals surface area contributed by atoms with Crippen LogP contribution in [0.25, 0.3) is 0 Å². The van der Waals surface area contributed by atoms with Gasteiger partial charge in [0.15, 0.2) is 5.17 Å². The molecule has 1 fully saturated rings. The summed E-state index contributed by atoms with van der Waals surface area (Å²) in [6.45, 7) is 0. The summed E-state index contributed by atoms with van der Waals surface area (Å²) in [6.07, 6.45) is 1.38. The molecule has 0 unspecified atom stereocenters. The minimum atomic E-state index is -1.03. The first-order chi connectivity index (χ1) is 9.60. The molecule has 0 radical (unpaired) electrons. The Balaban J connectivity index is 2.20. The highest BCUT2D eigenvalue weighted by atomic mass is 32.2. The average molecular weight is 293 g/mol. The van der Waals surface area contributed by atoms with E-state index in [4.69, 9.17) is 9.84 Å². The predicted molar refractivity (Wildman–Crippen MR) is 75.6 cm³/mol. The number of amides is 1. The third-order valence-corrected chi connectivity index (χ3v) is 3.27. The molecule has 1 amide bonds. The zero-order valence-corrected chi connectivity index (χ0v) is 11.3. The molecular formula is C12H11N3O4S. The Kier molecular flexibility index (Phi) is 4.36. The summed E-state index contributed by atoms with van der Waals surface area (Å²) in [7, 11) is 1.48. The van der Waals surface area contributed by atoms with Gasteiger partial charge in [-0.2, -0.15) is 5.10 Å². The lowest BCUT2D eigenvalue weighted by Gasteiger charge is -2.04. The first kappa shape index (κ1) is 14.1. The van der Waals surface area contributed by atoms with Gasteiger partial charge in [0.05, 0.1) is 24.6 Å². The van der Waals surface area contributed by atoms with Crippen molar-refractivity contribution in [2.75, 3.05) is 12.9 Å². The van der Waals surface area contributed by atoms with E-state index in [-0.39, 0.29) is 11.5 Å². The van der Waals surface area contributed by atoms with Crippen LogP contribution in [0.2, 0.25) is 0 Å². The van der Waals surface area contributed by atoms with Gasteiger partial charge in [0.2, 0.25) is 5.91 Å². The number of benzene rings is 1. The fraction of sp³-hybridized carbons (Fsp3) is 0.167. The number of hydrogen-bond acceptors (Lipinski definition) is 6. The molecule has 1 aliphatic heterocycles. The van der Waals surface area contributed by atoms with Crippen molar-refractivity contribution >= 4 is 35.0 Å². The second kappa shape index (κ2) is 6.20. The van der Waals surface area contributed by atoms with Gasteiger partial charge in [-0.25, -0.2) is 4.79 Å². The molecular weight excluding hydrogens is 282 g/mol. The van der Waals surface area contributed by atoms with E-state index in [2.05, 4.69) is 15.5 Å².